The third-order valence-corrected chi connectivity index (χ3v) is 6.26. The molecule has 4 aromatic rings. The molecular formula is C22H20BrClN4O3S. The SMILES string of the molecule is COC(=O)c1ccc(C(=O)N(CCCn2ccnc2)c2nc3ccc(Br)cc3s2)cc1.Cl. The summed E-state index contributed by atoms with van der Waals surface area (Å²) in [4.78, 5) is 35.5. The van der Waals surface area contributed by atoms with E-state index in [0.29, 0.717) is 22.8 Å². The Labute approximate surface area is 203 Å². The number of methoxy groups -OCH3 is 1. The van der Waals surface area contributed by atoms with Gasteiger partial charge in [-0.2, -0.15) is 0 Å². The number of nitrogens with zero attached hydrogens (tertiary/aromatic N) is 4. The van der Waals surface area contributed by atoms with E-state index in [0.717, 1.165) is 27.7 Å². The van der Waals surface area contributed by atoms with E-state index in [1.54, 1.807) is 41.7 Å². The van der Waals surface area contributed by atoms with Crippen LogP contribution in [0, 0.1) is 0 Å². The highest BCUT2D eigenvalue weighted by Crippen LogP contribution is 2.32. The van der Waals surface area contributed by atoms with Crippen molar-refractivity contribution in [2.75, 3.05) is 18.6 Å². The molecule has 7 nitrogen and oxygen atoms in total. The molecule has 2 heterocycles. The number of hydrogen-bond donors (Lipinski definition) is 0. The van der Waals surface area contributed by atoms with Gasteiger partial charge in [0.05, 0.1) is 29.2 Å². The van der Waals surface area contributed by atoms with E-state index in [-0.39, 0.29) is 18.3 Å². The predicted molar refractivity (Wildman–Crippen MR) is 131 cm³/mol. The quantitative estimate of drug-likeness (QED) is 0.304. The maximum Gasteiger partial charge on any atom is 0.337 e. The molecule has 0 aliphatic rings. The summed E-state index contributed by atoms with van der Waals surface area (Å²) in [7, 11) is 1.33. The fourth-order valence-corrected chi connectivity index (χ4v) is 4.68. The summed E-state index contributed by atoms with van der Waals surface area (Å²) < 4.78 is 8.67. The second-order valence-electron chi connectivity index (χ2n) is 6.79. The molecule has 32 heavy (non-hydrogen) atoms. The minimum atomic E-state index is -0.437. The first-order valence-corrected chi connectivity index (χ1v) is 11.2. The van der Waals surface area contributed by atoms with E-state index < -0.39 is 5.97 Å². The van der Waals surface area contributed by atoms with Gasteiger partial charge in [0.25, 0.3) is 5.91 Å². The zero-order chi connectivity index (χ0) is 21.8. The van der Waals surface area contributed by atoms with E-state index in [1.165, 1.54) is 18.4 Å². The first-order chi connectivity index (χ1) is 15.0. The summed E-state index contributed by atoms with van der Waals surface area (Å²) >= 11 is 4.96. The molecule has 0 saturated carbocycles. The van der Waals surface area contributed by atoms with Crippen LogP contribution in [0.3, 0.4) is 0 Å². The normalized spacial score (nSPS) is 10.6. The van der Waals surface area contributed by atoms with Crippen molar-refractivity contribution in [3.05, 3.63) is 76.8 Å². The second-order valence-corrected chi connectivity index (χ2v) is 8.71. The van der Waals surface area contributed by atoms with Crippen molar-refractivity contribution in [2.45, 2.75) is 13.0 Å². The summed E-state index contributed by atoms with van der Waals surface area (Å²) in [5.41, 5.74) is 1.72. The Bertz CT molecular complexity index is 1210. The molecule has 2 aromatic heterocycles. The molecule has 0 saturated heterocycles. The van der Waals surface area contributed by atoms with Gasteiger partial charge in [0, 0.05) is 35.5 Å². The average molecular weight is 536 g/mol. The predicted octanol–water partition coefficient (Wildman–Crippen LogP) is 5.20. The zero-order valence-electron chi connectivity index (χ0n) is 17.1. The molecule has 0 unspecified atom stereocenters. The summed E-state index contributed by atoms with van der Waals surface area (Å²) in [6.07, 6.45) is 6.12. The standard InChI is InChI=1S/C22H19BrN4O3S.ClH/c1-30-21(29)16-5-3-15(4-6-16)20(28)27(11-2-10-26-12-9-24-14-26)22-25-18-8-7-17(23)13-19(18)31-22;/h3-9,12-14H,2,10-11H2,1H3;1H. The van der Waals surface area contributed by atoms with Gasteiger partial charge in [0.15, 0.2) is 5.13 Å². The van der Waals surface area contributed by atoms with Gasteiger partial charge in [-0.1, -0.05) is 27.3 Å². The Balaban J connectivity index is 0.00000289. The number of fused-ring (bicyclic) bond motifs is 1. The summed E-state index contributed by atoms with van der Waals surface area (Å²) in [5.74, 6) is -0.604. The van der Waals surface area contributed by atoms with Crippen LogP contribution in [0.4, 0.5) is 5.13 Å². The number of esters is 1. The highest BCUT2D eigenvalue weighted by Gasteiger charge is 2.21. The summed E-state index contributed by atoms with van der Waals surface area (Å²) in [6, 6.07) is 12.3. The van der Waals surface area contributed by atoms with Crippen LogP contribution >= 0.6 is 39.7 Å². The van der Waals surface area contributed by atoms with Crippen molar-refractivity contribution < 1.29 is 14.3 Å². The monoisotopic (exact) mass is 534 g/mol. The van der Waals surface area contributed by atoms with Gasteiger partial charge in [-0.25, -0.2) is 14.8 Å². The number of amides is 1. The first-order valence-electron chi connectivity index (χ1n) is 9.57. The van der Waals surface area contributed by atoms with Crippen LogP contribution in [0.25, 0.3) is 10.2 Å². The van der Waals surface area contributed by atoms with Crippen LogP contribution in [0.15, 0.2) is 65.7 Å². The van der Waals surface area contributed by atoms with Gasteiger partial charge in [0.2, 0.25) is 0 Å². The van der Waals surface area contributed by atoms with Crippen LogP contribution in [0.1, 0.15) is 27.1 Å². The molecule has 0 aliphatic carbocycles. The van der Waals surface area contributed by atoms with Crippen LogP contribution in [-0.2, 0) is 11.3 Å². The van der Waals surface area contributed by atoms with Crippen molar-refractivity contribution >= 4 is 66.9 Å². The number of thiazole rings is 1. The van der Waals surface area contributed by atoms with Gasteiger partial charge in [0.1, 0.15) is 0 Å². The molecule has 0 radical (unpaired) electrons. The lowest BCUT2D eigenvalue weighted by atomic mass is 10.1. The Morgan fingerprint density at radius 3 is 2.59 bits per heavy atom. The first kappa shape index (κ1) is 23.9. The Kier molecular flexibility index (Phi) is 8.00. The highest BCUT2D eigenvalue weighted by molar-refractivity contribution is 9.10. The molecule has 0 bridgehead atoms. The van der Waals surface area contributed by atoms with Gasteiger partial charge < -0.3 is 9.30 Å². The number of aryl methyl sites for hydroxylation is 1. The average Bonchev–Trinajstić information content (AvgIpc) is 3.45. The maximum atomic E-state index is 13.4. The van der Waals surface area contributed by atoms with Crippen LogP contribution < -0.4 is 4.90 Å². The lowest BCUT2D eigenvalue weighted by Gasteiger charge is -2.20. The number of rotatable bonds is 7. The fraction of sp³-hybridized carbons (Fsp3) is 0.182. The number of carbonyl (C=O) groups excluding carboxylic acids is 2. The van der Waals surface area contributed by atoms with Crippen molar-refractivity contribution in [1.29, 1.82) is 0 Å². The van der Waals surface area contributed by atoms with E-state index in [1.807, 2.05) is 29.0 Å². The number of aromatic nitrogens is 3. The molecule has 0 atom stereocenters. The molecule has 0 aliphatic heterocycles. The van der Waals surface area contributed by atoms with Crippen LogP contribution in [0.2, 0.25) is 0 Å². The fourth-order valence-electron chi connectivity index (χ4n) is 3.14. The van der Waals surface area contributed by atoms with Crippen molar-refractivity contribution in [2.24, 2.45) is 0 Å². The van der Waals surface area contributed by atoms with Gasteiger partial charge in [-0.15, -0.1) is 12.4 Å². The molecule has 2 aromatic carbocycles. The molecular weight excluding hydrogens is 516 g/mol. The van der Waals surface area contributed by atoms with Gasteiger partial charge in [-0.05, 0) is 48.9 Å². The van der Waals surface area contributed by atoms with Gasteiger partial charge in [-0.3, -0.25) is 9.69 Å². The summed E-state index contributed by atoms with van der Waals surface area (Å²) in [5, 5.41) is 0.640. The summed E-state index contributed by atoms with van der Waals surface area (Å²) in [6.45, 7) is 1.23. The number of carbonyl (C=O) groups is 2. The largest absolute Gasteiger partial charge is 0.465 e. The van der Waals surface area contributed by atoms with E-state index >= 15 is 0 Å². The Morgan fingerprint density at radius 1 is 1.16 bits per heavy atom. The lowest BCUT2D eigenvalue weighted by molar-refractivity contribution is 0.0600. The zero-order valence-corrected chi connectivity index (χ0v) is 20.3. The van der Waals surface area contributed by atoms with E-state index in [9.17, 15) is 9.59 Å². The second kappa shape index (κ2) is 10.7. The maximum absolute atomic E-state index is 13.4. The number of anilines is 1. The highest BCUT2D eigenvalue weighted by atomic mass is 79.9. The van der Waals surface area contributed by atoms with Crippen molar-refractivity contribution in [3.63, 3.8) is 0 Å². The van der Waals surface area contributed by atoms with Crippen molar-refractivity contribution in [1.82, 2.24) is 14.5 Å². The third kappa shape index (κ3) is 5.35. The number of hydrogen-bond acceptors (Lipinski definition) is 6. The van der Waals surface area contributed by atoms with Crippen molar-refractivity contribution in [3.8, 4) is 0 Å². The minimum absolute atomic E-state index is 0. The number of halogens is 2. The molecule has 0 N–H and O–H groups in total. The molecule has 0 fully saturated rings. The molecule has 166 valence electrons. The lowest BCUT2D eigenvalue weighted by Crippen LogP contribution is -2.32. The number of ether oxygens (including phenoxy) is 1. The molecule has 1 amide bonds. The molecule has 4 rings (SSSR count). The minimum Gasteiger partial charge on any atom is -0.465 e. The Morgan fingerprint density at radius 2 is 1.91 bits per heavy atom. The molecule has 0 spiro atoms. The van der Waals surface area contributed by atoms with E-state index in [4.69, 9.17) is 4.74 Å². The topological polar surface area (TPSA) is 77.3 Å². The number of imidazole rings is 1. The van der Waals surface area contributed by atoms with E-state index in [2.05, 4.69) is 25.9 Å². The van der Waals surface area contributed by atoms with Crippen LogP contribution in [0.5, 0.6) is 0 Å². The van der Waals surface area contributed by atoms with Gasteiger partial charge >= 0.3 is 5.97 Å². The smallest absolute Gasteiger partial charge is 0.337 e. The molecule has 10 heteroatoms. The third-order valence-electron chi connectivity index (χ3n) is 4.73. The van der Waals surface area contributed by atoms with Crippen LogP contribution in [-0.4, -0.2) is 40.1 Å². The Hall–Kier alpha value is -2.75. The number of benzene rings is 2.